The highest BCUT2D eigenvalue weighted by molar-refractivity contribution is 6.05. The van der Waals surface area contributed by atoms with Crippen molar-refractivity contribution in [3.8, 4) is 0 Å². The molecule has 0 saturated carbocycles. The summed E-state index contributed by atoms with van der Waals surface area (Å²) in [6, 6.07) is 16.1. The van der Waals surface area contributed by atoms with E-state index in [2.05, 4.69) is 25.1 Å². The van der Waals surface area contributed by atoms with Gasteiger partial charge in [0.05, 0.1) is 5.92 Å². The number of rotatable bonds is 3. The zero-order chi connectivity index (χ0) is 17.4. The number of carbonyl (C=O) groups is 2. The lowest BCUT2D eigenvalue weighted by Crippen LogP contribution is -2.36. The number of anilines is 2. The zero-order valence-electron chi connectivity index (χ0n) is 14.4. The third-order valence-electron chi connectivity index (χ3n) is 5.26. The molecule has 4 heteroatoms. The average Bonchev–Trinajstić information content (AvgIpc) is 3.25. The highest BCUT2D eigenvalue weighted by atomic mass is 16.2. The molecule has 4 rings (SSSR count). The van der Waals surface area contributed by atoms with Crippen LogP contribution in [0.2, 0.25) is 0 Å². The van der Waals surface area contributed by atoms with Crippen LogP contribution in [0, 0.1) is 5.92 Å². The van der Waals surface area contributed by atoms with E-state index in [0.29, 0.717) is 19.5 Å². The minimum absolute atomic E-state index is 0.0408. The number of para-hydroxylation sites is 1. The van der Waals surface area contributed by atoms with Gasteiger partial charge in [0.2, 0.25) is 11.8 Å². The quantitative estimate of drug-likeness (QED) is 0.865. The molecule has 2 heterocycles. The van der Waals surface area contributed by atoms with Gasteiger partial charge in [0.15, 0.2) is 0 Å². The first-order valence-corrected chi connectivity index (χ1v) is 8.96. The second-order valence-electron chi connectivity index (χ2n) is 6.80. The molecule has 1 fully saturated rings. The van der Waals surface area contributed by atoms with Crippen molar-refractivity contribution >= 4 is 23.2 Å². The average molecular weight is 334 g/mol. The normalized spacial score (nSPS) is 19.4. The van der Waals surface area contributed by atoms with Crippen molar-refractivity contribution in [1.29, 1.82) is 0 Å². The molecule has 2 aromatic carbocycles. The Balaban J connectivity index is 1.53. The second-order valence-corrected chi connectivity index (χ2v) is 6.80. The molecule has 0 bridgehead atoms. The summed E-state index contributed by atoms with van der Waals surface area (Å²) in [7, 11) is 0. The van der Waals surface area contributed by atoms with Crippen LogP contribution in [-0.2, 0) is 22.4 Å². The number of aryl methyl sites for hydroxylation is 1. The Morgan fingerprint density at radius 3 is 2.84 bits per heavy atom. The van der Waals surface area contributed by atoms with Crippen molar-refractivity contribution < 1.29 is 9.59 Å². The van der Waals surface area contributed by atoms with Gasteiger partial charge in [-0.15, -0.1) is 0 Å². The van der Waals surface area contributed by atoms with E-state index in [0.717, 1.165) is 24.2 Å². The fraction of sp³-hybridized carbons (Fsp3) is 0.333. The Kier molecular flexibility index (Phi) is 4.04. The maximum atomic E-state index is 13.0. The van der Waals surface area contributed by atoms with E-state index in [4.69, 9.17) is 0 Å². The summed E-state index contributed by atoms with van der Waals surface area (Å²) in [5.41, 5.74) is 4.33. The summed E-state index contributed by atoms with van der Waals surface area (Å²) < 4.78 is 0. The van der Waals surface area contributed by atoms with Gasteiger partial charge >= 0.3 is 0 Å². The summed E-state index contributed by atoms with van der Waals surface area (Å²) in [5, 5.41) is 0. The van der Waals surface area contributed by atoms with Crippen LogP contribution in [0.3, 0.4) is 0 Å². The number of fused-ring (bicyclic) bond motifs is 1. The molecular weight excluding hydrogens is 312 g/mol. The van der Waals surface area contributed by atoms with E-state index in [9.17, 15) is 9.59 Å². The van der Waals surface area contributed by atoms with Crippen molar-refractivity contribution in [3.63, 3.8) is 0 Å². The van der Waals surface area contributed by atoms with E-state index >= 15 is 0 Å². The van der Waals surface area contributed by atoms with Crippen LogP contribution < -0.4 is 9.80 Å². The highest BCUT2D eigenvalue weighted by Gasteiger charge is 2.39. The van der Waals surface area contributed by atoms with Gasteiger partial charge in [-0.25, -0.2) is 0 Å². The van der Waals surface area contributed by atoms with E-state index < -0.39 is 0 Å². The van der Waals surface area contributed by atoms with Crippen molar-refractivity contribution in [2.75, 3.05) is 22.9 Å². The maximum absolute atomic E-state index is 13.0. The van der Waals surface area contributed by atoms with Gasteiger partial charge < -0.3 is 9.80 Å². The summed E-state index contributed by atoms with van der Waals surface area (Å²) in [4.78, 5) is 29.1. The molecule has 0 N–H and O–H groups in total. The first kappa shape index (κ1) is 15.9. The van der Waals surface area contributed by atoms with Crippen molar-refractivity contribution in [2.24, 2.45) is 5.92 Å². The number of hydrogen-bond donors (Lipinski definition) is 0. The molecule has 2 aromatic rings. The summed E-state index contributed by atoms with van der Waals surface area (Å²) in [6.07, 6.45) is 2.13. The zero-order valence-corrected chi connectivity index (χ0v) is 14.4. The van der Waals surface area contributed by atoms with Crippen molar-refractivity contribution in [2.45, 2.75) is 26.2 Å². The van der Waals surface area contributed by atoms with Crippen molar-refractivity contribution in [1.82, 2.24) is 0 Å². The maximum Gasteiger partial charge on any atom is 0.232 e. The van der Waals surface area contributed by atoms with Gasteiger partial charge in [0, 0.05) is 30.9 Å². The largest absolute Gasteiger partial charge is 0.312 e. The molecule has 0 unspecified atom stereocenters. The monoisotopic (exact) mass is 334 g/mol. The molecule has 0 radical (unpaired) electrons. The Morgan fingerprint density at radius 1 is 1.16 bits per heavy atom. The molecule has 2 aliphatic rings. The van der Waals surface area contributed by atoms with Crippen LogP contribution in [0.15, 0.2) is 48.5 Å². The summed E-state index contributed by atoms with van der Waals surface area (Å²) in [6.45, 7) is 3.29. The molecule has 128 valence electrons. The van der Waals surface area contributed by atoms with Gasteiger partial charge in [-0.2, -0.15) is 0 Å². The molecule has 0 aromatic heterocycles. The minimum Gasteiger partial charge on any atom is -0.312 e. The summed E-state index contributed by atoms with van der Waals surface area (Å²) >= 11 is 0. The van der Waals surface area contributed by atoms with Gasteiger partial charge in [-0.1, -0.05) is 37.3 Å². The molecule has 1 atom stereocenters. The van der Waals surface area contributed by atoms with Gasteiger partial charge in [-0.05, 0) is 42.2 Å². The van der Waals surface area contributed by atoms with E-state index in [1.165, 1.54) is 11.1 Å². The van der Waals surface area contributed by atoms with Crippen LogP contribution in [0.4, 0.5) is 11.4 Å². The Morgan fingerprint density at radius 2 is 2.00 bits per heavy atom. The number of amides is 2. The minimum atomic E-state index is -0.260. The Bertz CT molecular complexity index is 830. The lowest BCUT2D eigenvalue weighted by Gasteiger charge is -2.22. The number of hydrogen-bond acceptors (Lipinski definition) is 2. The first-order chi connectivity index (χ1) is 12.2. The smallest absolute Gasteiger partial charge is 0.232 e. The molecule has 0 aliphatic carbocycles. The van der Waals surface area contributed by atoms with Gasteiger partial charge in [0.25, 0.3) is 0 Å². The summed E-state index contributed by atoms with van der Waals surface area (Å²) in [5.74, 6) is -0.143. The topological polar surface area (TPSA) is 40.6 Å². The second kappa shape index (κ2) is 6.36. The van der Waals surface area contributed by atoms with E-state index in [1.807, 2.05) is 35.2 Å². The fourth-order valence-corrected chi connectivity index (χ4v) is 3.85. The molecule has 4 nitrogen and oxygen atoms in total. The van der Waals surface area contributed by atoms with E-state index in [1.54, 1.807) is 4.90 Å². The van der Waals surface area contributed by atoms with Crippen LogP contribution >= 0.6 is 0 Å². The molecule has 2 aliphatic heterocycles. The standard InChI is InChI=1S/C21H22N2O2/c1-2-15-6-5-8-18(12-15)23-14-17(13-20(23)24)21(25)22-11-10-16-7-3-4-9-19(16)22/h3-9,12,17H,2,10-11,13-14H2,1H3/t17-/m0/s1. The van der Waals surface area contributed by atoms with Gasteiger partial charge in [0.1, 0.15) is 0 Å². The Hall–Kier alpha value is -2.62. The molecular formula is C21H22N2O2. The third-order valence-corrected chi connectivity index (χ3v) is 5.26. The molecule has 0 spiro atoms. The molecule has 2 amide bonds. The Labute approximate surface area is 148 Å². The van der Waals surface area contributed by atoms with Crippen LogP contribution in [-0.4, -0.2) is 24.9 Å². The number of carbonyl (C=O) groups excluding carboxylic acids is 2. The molecule has 25 heavy (non-hydrogen) atoms. The lowest BCUT2D eigenvalue weighted by molar-refractivity contribution is -0.124. The lowest BCUT2D eigenvalue weighted by atomic mass is 10.1. The van der Waals surface area contributed by atoms with Crippen LogP contribution in [0.5, 0.6) is 0 Å². The SMILES string of the molecule is CCc1cccc(N2C[C@@H](C(=O)N3CCc4ccccc43)CC2=O)c1. The van der Waals surface area contributed by atoms with E-state index in [-0.39, 0.29) is 17.7 Å². The first-order valence-electron chi connectivity index (χ1n) is 8.96. The predicted octanol–water partition coefficient (Wildman–Crippen LogP) is 3.19. The number of nitrogens with zero attached hydrogens (tertiary/aromatic N) is 2. The van der Waals surface area contributed by atoms with Crippen LogP contribution in [0.1, 0.15) is 24.5 Å². The molecule has 1 saturated heterocycles. The van der Waals surface area contributed by atoms with Gasteiger partial charge in [-0.3, -0.25) is 9.59 Å². The third kappa shape index (κ3) is 2.82. The van der Waals surface area contributed by atoms with Crippen LogP contribution in [0.25, 0.3) is 0 Å². The predicted molar refractivity (Wildman–Crippen MR) is 98.8 cm³/mol. The van der Waals surface area contributed by atoms with Crippen molar-refractivity contribution in [3.05, 3.63) is 59.7 Å². The highest BCUT2D eigenvalue weighted by Crippen LogP contribution is 2.32. The number of benzene rings is 2. The fourth-order valence-electron chi connectivity index (χ4n) is 3.85.